The lowest BCUT2D eigenvalue weighted by molar-refractivity contribution is 0.159. The Morgan fingerprint density at radius 3 is 2.73 bits per heavy atom. The van der Waals surface area contributed by atoms with E-state index in [0.29, 0.717) is 25.5 Å². The number of hydroxylamine groups is 1. The topological polar surface area (TPSA) is 50.7 Å². The van der Waals surface area contributed by atoms with Gasteiger partial charge in [0.2, 0.25) is 0 Å². The average Bonchev–Trinajstić information content (AvgIpc) is 2.48. The van der Waals surface area contributed by atoms with Gasteiger partial charge in [-0.25, -0.2) is 5.48 Å². The molecule has 2 rings (SSSR count). The second kappa shape index (κ2) is 4.83. The van der Waals surface area contributed by atoms with E-state index in [9.17, 15) is 0 Å². The van der Waals surface area contributed by atoms with Crippen molar-refractivity contribution < 1.29 is 14.7 Å². The highest BCUT2D eigenvalue weighted by Crippen LogP contribution is 2.39. The Kier molecular flexibility index (Phi) is 3.45. The van der Waals surface area contributed by atoms with Crippen LogP contribution < -0.4 is 15.0 Å². The van der Waals surface area contributed by atoms with Gasteiger partial charge in [-0.1, -0.05) is 6.07 Å². The van der Waals surface area contributed by atoms with Crippen LogP contribution in [0.5, 0.6) is 11.5 Å². The van der Waals surface area contributed by atoms with E-state index in [-0.39, 0.29) is 0 Å². The summed E-state index contributed by atoms with van der Waals surface area (Å²) in [6, 6.07) is 3.78. The summed E-state index contributed by atoms with van der Waals surface area (Å²) in [4.78, 5) is 0. The van der Waals surface area contributed by atoms with Crippen LogP contribution in [0.15, 0.2) is 16.6 Å². The molecule has 0 saturated heterocycles. The van der Waals surface area contributed by atoms with Gasteiger partial charge in [0.25, 0.3) is 0 Å². The fourth-order valence-electron chi connectivity index (χ4n) is 1.50. The van der Waals surface area contributed by atoms with Crippen molar-refractivity contribution in [3.8, 4) is 11.5 Å². The van der Waals surface area contributed by atoms with Gasteiger partial charge >= 0.3 is 0 Å². The number of hydrogen-bond donors (Lipinski definition) is 2. The molecule has 2 N–H and O–H groups in total. The number of ether oxygens (including phenoxy) is 2. The molecule has 1 aromatic carbocycles. The quantitative estimate of drug-likeness (QED) is 0.811. The second-order valence-corrected chi connectivity index (χ2v) is 4.10. The molecule has 0 aromatic heterocycles. The summed E-state index contributed by atoms with van der Waals surface area (Å²) >= 11 is 3.41. The first kappa shape index (κ1) is 10.7. The highest BCUT2D eigenvalue weighted by molar-refractivity contribution is 9.10. The predicted molar refractivity (Wildman–Crippen MR) is 58.4 cm³/mol. The number of hydrogen-bond acceptors (Lipinski definition) is 4. The van der Waals surface area contributed by atoms with Gasteiger partial charge in [-0.05, 0) is 22.0 Å². The third kappa shape index (κ3) is 2.25. The van der Waals surface area contributed by atoms with Gasteiger partial charge < -0.3 is 14.7 Å². The minimum atomic E-state index is 0.346. The Labute approximate surface area is 96.3 Å². The molecule has 0 unspecified atom stereocenters. The van der Waals surface area contributed by atoms with Crippen molar-refractivity contribution in [2.75, 3.05) is 13.2 Å². The van der Waals surface area contributed by atoms with Crippen molar-refractivity contribution in [2.45, 2.75) is 13.0 Å². The summed E-state index contributed by atoms with van der Waals surface area (Å²) in [5.74, 6) is 1.43. The Hall–Kier alpha value is -0.780. The fourth-order valence-corrected chi connectivity index (χ4v) is 1.93. The molecule has 1 aliphatic rings. The van der Waals surface area contributed by atoms with Crippen LogP contribution in [-0.2, 0) is 6.54 Å². The van der Waals surface area contributed by atoms with Crippen molar-refractivity contribution in [3.05, 3.63) is 22.2 Å². The lowest BCUT2D eigenvalue weighted by Gasteiger charge is -2.13. The summed E-state index contributed by atoms with van der Waals surface area (Å²) in [5.41, 5.74) is 3.01. The van der Waals surface area contributed by atoms with Gasteiger partial charge in [0.15, 0.2) is 11.5 Å². The fraction of sp³-hybridized carbons (Fsp3) is 0.400. The van der Waals surface area contributed by atoms with E-state index in [0.717, 1.165) is 22.2 Å². The van der Waals surface area contributed by atoms with Crippen LogP contribution in [0.25, 0.3) is 0 Å². The first-order valence-corrected chi connectivity index (χ1v) is 5.56. The Morgan fingerprint density at radius 1 is 1.27 bits per heavy atom. The number of nitrogens with one attached hydrogen (secondary N) is 1. The molecule has 0 amide bonds. The lowest BCUT2D eigenvalue weighted by atomic mass is 10.2. The predicted octanol–water partition coefficient (Wildman–Crippen LogP) is 2.09. The molecule has 1 aliphatic heterocycles. The molecule has 0 aliphatic carbocycles. The van der Waals surface area contributed by atoms with E-state index < -0.39 is 0 Å². The highest BCUT2D eigenvalue weighted by atomic mass is 79.9. The van der Waals surface area contributed by atoms with E-state index >= 15 is 0 Å². The van der Waals surface area contributed by atoms with Gasteiger partial charge in [-0.2, -0.15) is 0 Å². The molecule has 0 spiro atoms. The smallest absolute Gasteiger partial charge is 0.175 e. The van der Waals surface area contributed by atoms with Gasteiger partial charge in [0.05, 0.1) is 17.7 Å². The molecular formula is C10H12BrNO3. The molecule has 82 valence electrons. The minimum absolute atomic E-state index is 0.346. The van der Waals surface area contributed by atoms with Crippen LogP contribution in [-0.4, -0.2) is 18.4 Å². The van der Waals surface area contributed by atoms with Gasteiger partial charge in [-0.3, -0.25) is 0 Å². The van der Waals surface area contributed by atoms with E-state index in [1.54, 1.807) is 0 Å². The van der Waals surface area contributed by atoms with E-state index in [2.05, 4.69) is 21.4 Å². The number of fused-ring (bicyclic) bond motifs is 1. The van der Waals surface area contributed by atoms with Crippen LogP contribution in [0.2, 0.25) is 0 Å². The molecule has 0 atom stereocenters. The molecule has 0 fully saturated rings. The summed E-state index contributed by atoms with van der Waals surface area (Å²) in [5, 5.41) is 8.70. The first-order chi connectivity index (χ1) is 7.33. The van der Waals surface area contributed by atoms with Crippen molar-refractivity contribution in [1.29, 1.82) is 0 Å². The van der Waals surface area contributed by atoms with Crippen LogP contribution >= 0.6 is 15.9 Å². The Balaban J connectivity index is 2.41. The van der Waals surface area contributed by atoms with Gasteiger partial charge in [0, 0.05) is 18.5 Å². The average molecular weight is 274 g/mol. The van der Waals surface area contributed by atoms with Gasteiger partial charge in [0.1, 0.15) is 0 Å². The molecule has 5 heteroatoms. The third-order valence-corrected chi connectivity index (χ3v) is 2.82. The van der Waals surface area contributed by atoms with E-state index in [1.807, 2.05) is 12.1 Å². The Morgan fingerprint density at radius 2 is 2.00 bits per heavy atom. The Bertz CT molecular complexity index is 357. The summed E-state index contributed by atoms with van der Waals surface area (Å²) in [7, 11) is 0. The van der Waals surface area contributed by atoms with Gasteiger partial charge in [-0.15, -0.1) is 0 Å². The molecule has 0 bridgehead atoms. The number of rotatable bonds is 2. The van der Waals surface area contributed by atoms with Crippen LogP contribution in [0.3, 0.4) is 0 Å². The van der Waals surface area contributed by atoms with Crippen molar-refractivity contribution in [1.82, 2.24) is 5.48 Å². The first-order valence-electron chi connectivity index (χ1n) is 4.77. The maximum atomic E-state index is 8.70. The molecule has 1 heterocycles. The lowest BCUT2D eigenvalue weighted by Crippen LogP contribution is -2.08. The summed E-state index contributed by atoms with van der Waals surface area (Å²) in [6.45, 7) is 1.64. The van der Waals surface area contributed by atoms with Crippen molar-refractivity contribution in [2.24, 2.45) is 0 Å². The zero-order valence-corrected chi connectivity index (χ0v) is 9.71. The molecular weight excluding hydrogens is 262 g/mol. The summed E-state index contributed by atoms with van der Waals surface area (Å²) < 4.78 is 12.1. The minimum Gasteiger partial charge on any atom is -0.489 e. The van der Waals surface area contributed by atoms with Crippen LogP contribution in [0.1, 0.15) is 12.0 Å². The maximum Gasteiger partial charge on any atom is 0.175 e. The van der Waals surface area contributed by atoms with Crippen molar-refractivity contribution in [3.63, 3.8) is 0 Å². The largest absolute Gasteiger partial charge is 0.489 e. The van der Waals surface area contributed by atoms with E-state index in [1.165, 1.54) is 0 Å². The molecule has 4 nitrogen and oxygen atoms in total. The van der Waals surface area contributed by atoms with Crippen LogP contribution in [0, 0.1) is 0 Å². The normalized spacial score (nSPS) is 14.8. The third-order valence-electron chi connectivity index (χ3n) is 2.20. The molecule has 0 radical (unpaired) electrons. The number of halogens is 1. The number of benzene rings is 1. The summed E-state index contributed by atoms with van der Waals surface area (Å²) in [6.07, 6.45) is 0.868. The standard InChI is InChI=1S/C10H12BrNO3/c11-8-3-2-7(6-12-13)9-10(8)15-5-1-4-14-9/h2-3,12-13H,1,4-6H2. The molecule has 1 aromatic rings. The molecule has 0 saturated carbocycles. The highest BCUT2D eigenvalue weighted by Gasteiger charge is 2.17. The zero-order valence-electron chi connectivity index (χ0n) is 8.12. The molecule has 15 heavy (non-hydrogen) atoms. The van der Waals surface area contributed by atoms with Crippen molar-refractivity contribution >= 4 is 15.9 Å². The van der Waals surface area contributed by atoms with E-state index in [4.69, 9.17) is 14.7 Å². The van der Waals surface area contributed by atoms with Crippen LogP contribution in [0.4, 0.5) is 0 Å². The monoisotopic (exact) mass is 273 g/mol. The second-order valence-electron chi connectivity index (χ2n) is 3.25. The maximum absolute atomic E-state index is 8.70. The SMILES string of the molecule is ONCc1ccc(Br)c2c1OCCCO2. The zero-order chi connectivity index (χ0) is 10.7.